The molecule has 20 heavy (non-hydrogen) atoms. The molecule has 0 aromatic heterocycles. The number of hydrogen-bond acceptors (Lipinski definition) is 1. The molecule has 0 amide bonds. The second-order valence-electron chi connectivity index (χ2n) is 5.64. The molecule has 2 aromatic carbocycles. The lowest BCUT2D eigenvalue weighted by Crippen LogP contribution is -2.34. The van der Waals surface area contributed by atoms with Crippen LogP contribution in [0.15, 0.2) is 53.0 Å². The highest BCUT2D eigenvalue weighted by atomic mass is 79.9. The van der Waals surface area contributed by atoms with E-state index in [1.54, 1.807) is 0 Å². The molecular weight excluding hydrogens is 310 g/mol. The molecule has 1 heterocycles. The minimum Gasteiger partial charge on any atom is -0.316 e. The summed E-state index contributed by atoms with van der Waals surface area (Å²) in [4.78, 5) is 0. The van der Waals surface area contributed by atoms with E-state index in [2.05, 4.69) is 76.7 Å². The molecule has 0 radical (unpaired) electrons. The Morgan fingerprint density at radius 2 is 1.75 bits per heavy atom. The lowest BCUT2D eigenvalue weighted by atomic mass is 9.77. The number of piperidine rings is 1. The van der Waals surface area contributed by atoms with Crippen LogP contribution in [0.3, 0.4) is 0 Å². The summed E-state index contributed by atoms with van der Waals surface area (Å²) in [6, 6.07) is 17.7. The van der Waals surface area contributed by atoms with Crippen molar-refractivity contribution in [3.63, 3.8) is 0 Å². The highest BCUT2D eigenvalue weighted by molar-refractivity contribution is 9.10. The zero-order valence-corrected chi connectivity index (χ0v) is 13.4. The molecule has 2 aromatic rings. The number of nitrogens with one attached hydrogen (secondary N) is 1. The standard InChI is InChI=1S/C18H20BrN/c1-13-6-8-14(9-7-13)17-12-20-11-10-15(17)16-4-2-3-5-18(16)19/h2-9,15,17,20H,10-12H2,1H3. The van der Waals surface area contributed by atoms with Crippen molar-refractivity contribution < 1.29 is 0 Å². The summed E-state index contributed by atoms with van der Waals surface area (Å²) in [5.41, 5.74) is 4.22. The highest BCUT2D eigenvalue weighted by Gasteiger charge is 2.28. The van der Waals surface area contributed by atoms with Crippen LogP contribution < -0.4 is 5.32 Å². The van der Waals surface area contributed by atoms with Crippen molar-refractivity contribution in [3.8, 4) is 0 Å². The third kappa shape index (κ3) is 2.82. The van der Waals surface area contributed by atoms with Gasteiger partial charge in [-0.15, -0.1) is 0 Å². The SMILES string of the molecule is Cc1ccc(C2CNCCC2c2ccccc2Br)cc1. The molecule has 1 aliphatic heterocycles. The fourth-order valence-electron chi connectivity index (χ4n) is 3.17. The predicted molar refractivity (Wildman–Crippen MR) is 88.3 cm³/mol. The van der Waals surface area contributed by atoms with Gasteiger partial charge in [-0.25, -0.2) is 0 Å². The van der Waals surface area contributed by atoms with Gasteiger partial charge in [-0.05, 0) is 43.0 Å². The second kappa shape index (κ2) is 6.11. The topological polar surface area (TPSA) is 12.0 Å². The number of benzene rings is 2. The Kier molecular flexibility index (Phi) is 4.23. The van der Waals surface area contributed by atoms with E-state index in [9.17, 15) is 0 Å². The van der Waals surface area contributed by atoms with Crippen molar-refractivity contribution in [2.45, 2.75) is 25.2 Å². The van der Waals surface area contributed by atoms with Crippen LogP contribution in [0.1, 0.15) is 34.9 Å². The molecule has 2 heteroatoms. The molecule has 0 spiro atoms. The number of halogens is 1. The second-order valence-corrected chi connectivity index (χ2v) is 6.49. The van der Waals surface area contributed by atoms with Crippen LogP contribution in [0, 0.1) is 6.92 Å². The minimum atomic E-state index is 0.558. The smallest absolute Gasteiger partial charge is 0.0210 e. The van der Waals surface area contributed by atoms with E-state index in [-0.39, 0.29) is 0 Å². The van der Waals surface area contributed by atoms with Crippen molar-refractivity contribution in [1.29, 1.82) is 0 Å². The Morgan fingerprint density at radius 1 is 1.00 bits per heavy atom. The third-order valence-electron chi connectivity index (χ3n) is 4.29. The average Bonchev–Trinajstić information content (AvgIpc) is 2.49. The average molecular weight is 330 g/mol. The van der Waals surface area contributed by atoms with Crippen molar-refractivity contribution in [2.75, 3.05) is 13.1 Å². The van der Waals surface area contributed by atoms with Gasteiger partial charge in [-0.1, -0.05) is 64.0 Å². The molecule has 2 atom stereocenters. The monoisotopic (exact) mass is 329 g/mol. The first-order chi connectivity index (χ1) is 9.75. The van der Waals surface area contributed by atoms with E-state index >= 15 is 0 Å². The van der Waals surface area contributed by atoms with Gasteiger partial charge in [-0.2, -0.15) is 0 Å². The molecule has 1 saturated heterocycles. The fraction of sp³-hybridized carbons (Fsp3) is 0.333. The molecule has 3 rings (SSSR count). The summed E-state index contributed by atoms with van der Waals surface area (Å²) in [5.74, 6) is 1.15. The van der Waals surface area contributed by atoms with E-state index in [4.69, 9.17) is 0 Å². The van der Waals surface area contributed by atoms with Crippen molar-refractivity contribution in [2.24, 2.45) is 0 Å². The van der Waals surface area contributed by atoms with E-state index in [0.29, 0.717) is 11.8 Å². The largest absolute Gasteiger partial charge is 0.316 e. The lowest BCUT2D eigenvalue weighted by Gasteiger charge is -2.33. The van der Waals surface area contributed by atoms with Gasteiger partial charge in [0, 0.05) is 16.9 Å². The maximum absolute atomic E-state index is 3.72. The summed E-state index contributed by atoms with van der Waals surface area (Å²) in [6.45, 7) is 4.32. The van der Waals surface area contributed by atoms with Crippen LogP contribution in [0.4, 0.5) is 0 Å². The summed E-state index contributed by atoms with van der Waals surface area (Å²) < 4.78 is 1.24. The summed E-state index contributed by atoms with van der Waals surface area (Å²) in [6.07, 6.45) is 1.20. The summed E-state index contributed by atoms with van der Waals surface area (Å²) >= 11 is 3.72. The van der Waals surface area contributed by atoms with Crippen molar-refractivity contribution in [3.05, 3.63) is 69.7 Å². The Bertz CT molecular complexity index is 576. The van der Waals surface area contributed by atoms with Crippen LogP contribution in [0.25, 0.3) is 0 Å². The Labute approximate surface area is 129 Å². The lowest BCUT2D eigenvalue weighted by molar-refractivity contribution is 0.403. The molecule has 0 saturated carbocycles. The Morgan fingerprint density at radius 3 is 2.50 bits per heavy atom. The van der Waals surface area contributed by atoms with Gasteiger partial charge >= 0.3 is 0 Å². The van der Waals surface area contributed by atoms with E-state index in [1.165, 1.54) is 27.6 Å². The molecule has 1 fully saturated rings. The van der Waals surface area contributed by atoms with Crippen LogP contribution in [-0.4, -0.2) is 13.1 Å². The van der Waals surface area contributed by atoms with Gasteiger partial charge in [0.25, 0.3) is 0 Å². The fourth-order valence-corrected chi connectivity index (χ4v) is 3.75. The zero-order chi connectivity index (χ0) is 13.9. The Balaban J connectivity index is 1.95. The van der Waals surface area contributed by atoms with E-state index < -0.39 is 0 Å². The number of hydrogen-bond donors (Lipinski definition) is 1. The van der Waals surface area contributed by atoms with Crippen LogP contribution >= 0.6 is 15.9 Å². The van der Waals surface area contributed by atoms with Crippen LogP contribution in [0.2, 0.25) is 0 Å². The molecule has 104 valence electrons. The number of rotatable bonds is 2. The van der Waals surface area contributed by atoms with Gasteiger partial charge in [0.15, 0.2) is 0 Å². The quantitative estimate of drug-likeness (QED) is 0.847. The van der Waals surface area contributed by atoms with Crippen molar-refractivity contribution >= 4 is 15.9 Å². The molecule has 1 nitrogen and oxygen atoms in total. The molecular formula is C18H20BrN. The van der Waals surface area contributed by atoms with Crippen LogP contribution in [-0.2, 0) is 0 Å². The first kappa shape index (κ1) is 13.8. The molecule has 1 aliphatic rings. The van der Waals surface area contributed by atoms with Gasteiger partial charge in [-0.3, -0.25) is 0 Å². The van der Waals surface area contributed by atoms with Gasteiger partial charge in [0.05, 0.1) is 0 Å². The Hall–Kier alpha value is -1.12. The maximum atomic E-state index is 3.72. The van der Waals surface area contributed by atoms with Crippen LogP contribution in [0.5, 0.6) is 0 Å². The molecule has 0 bridgehead atoms. The van der Waals surface area contributed by atoms with Gasteiger partial charge in [0.1, 0.15) is 0 Å². The minimum absolute atomic E-state index is 0.558. The van der Waals surface area contributed by atoms with Gasteiger partial charge in [0.2, 0.25) is 0 Å². The zero-order valence-electron chi connectivity index (χ0n) is 11.8. The first-order valence-corrected chi connectivity index (χ1v) is 8.06. The highest BCUT2D eigenvalue weighted by Crippen LogP contribution is 2.40. The van der Waals surface area contributed by atoms with Crippen molar-refractivity contribution in [1.82, 2.24) is 5.32 Å². The normalized spacial score (nSPS) is 22.7. The van der Waals surface area contributed by atoms with E-state index in [1.807, 2.05) is 0 Å². The predicted octanol–water partition coefficient (Wildman–Crippen LogP) is 4.62. The third-order valence-corrected chi connectivity index (χ3v) is 5.01. The van der Waals surface area contributed by atoms with Gasteiger partial charge < -0.3 is 5.32 Å². The molecule has 0 aliphatic carbocycles. The summed E-state index contributed by atoms with van der Waals surface area (Å²) in [7, 11) is 0. The summed E-state index contributed by atoms with van der Waals surface area (Å²) in [5, 5.41) is 3.55. The number of aryl methyl sites for hydroxylation is 1. The molecule has 2 unspecified atom stereocenters. The molecule has 1 N–H and O–H groups in total. The van der Waals surface area contributed by atoms with E-state index in [0.717, 1.165) is 13.1 Å². The first-order valence-electron chi connectivity index (χ1n) is 7.27. The maximum Gasteiger partial charge on any atom is 0.0210 e.